The molecule has 42 heteroatoms. The van der Waals surface area contributed by atoms with Gasteiger partial charge in [0.1, 0.15) is 159 Å². The number of hydrogen-bond donors (Lipinski definition) is 24. The van der Waals surface area contributed by atoms with Gasteiger partial charge in [0.2, 0.25) is 23.6 Å². The Labute approximate surface area is 538 Å². The maximum absolute atomic E-state index is 13.8. The minimum Gasteiger partial charge on any atom is -0.477 e. The number of amides is 4. The highest BCUT2D eigenvalue weighted by atomic mass is 16.8. The predicted molar refractivity (Wildman–Crippen MR) is 294 cm³/mol. The van der Waals surface area contributed by atoms with Crippen molar-refractivity contribution >= 4 is 29.6 Å². The molecule has 7 fully saturated rings. The summed E-state index contributed by atoms with van der Waals surface area (Å²) in [6.45, 7) is -1.64. The predicted octanol–water partition coefficient (Wildman–Crippen LogP) is -15.5. The number of carboxylic acids is 1. The first-order chi connectivity index (χ1) is 44.7. The van der Waals surface area contributed by atoms with E-state index in [2.05, 4.69) is 21.3 Å². The quantitative estimate of drug-likeness (QED) is 0.0404. The summed E-state index contributed by atoms with van der Waals surface area (Å²) >= 11 is 0. The zero-order valence-electron chi connectivity index (χ0n) is 51.4. The minimum absolute atomic E-state index is 0.803. The van der Waals surface area contributed by atoms with E-state index in [1.54, 1.807) is 0 Å². The van der Waals surface area contributed by atoms with Crippen LogP contribution in [0.1, 0.15) is 41.0 Å². The van der Waals surface area contributed by atoms with Crippen molar-refractivity contribution in [3.63, 3.8) is 0 Å². The molecule has 548 valence electrons. The fourth-order valence-corrected chi connectivity index (χ4v) is 12.1. The second-order valence-corrected chi connectivity index (χ2v) is 24.0. The van der Waals surface area contributed by atoms with Crippen molar-refractivity contribution < 1.29 is 188 Å². The molecular formula is C53H88N4O38. The lowest BCUT2D eigenvalue weighted by molar-refractivity contribution is -0.390. The molecule has 7 aliphatic heterocycles. The van der Waals surface area contributed by atoms with Crippen LogP contribution in [0.5, 0.6) is 0 Å². The summed E-state index contributed by atoms with van der Waals surface area (Å²) in [6, 6.07) is -7.44. The highest BCUT2D eigenvalue weighted by Crippen LogP contribution is 2.41. The fourth-order valence-electron chi connectivity index (χ4n) is 12.1. The fraction of sp³-hybridized carbons (Fsp3) is 0.906. The Morgan fingerprint density at radius 2 is 0.916 bits per heavy atom. The molecule has 24 N–H and O–H groups in total. The molecule has 0 aromatic heterocycles. The van der Waals surface area contributed by atoms with Crippen LogP contribution in [0.4, 0.5) is 0 Å². The largest absolute Gasteiger partial charge is 0.477 e. The van der Waals surface area contributed by atoms with Crippen LogP contribution in [0.15, 0.2) is 0 Å². The van der Waals surface area contributed by atoms with Crippen molar-refractivity contribution in [2.24, 2.45) is 0 Å². The lowest BCUT2D eigenvalue weighted by atomic mass is 9.87. The van der Waals surface area contributed by atoms with Crippen molar-refractivity contribution in [3.05, 3.63) is 0 Å². The molecule has 0 radical (unpaired) electrons. The average Bonchev–Trinajstić information content (AvgIpc) is 0.752. The number of carboxylic acid groups (broad SMARTS) is 1. The van der Waals surface area contributed by atoms with Crippen LogP contribution in [0, 0.1) is 0 Å². The molecule has 0 aromatic carbocycles. The summed E-state index contributed by atoms with van der Waals surface area (Å²) in [5, 5.41) is 229. The van der Waals surface area contributed by atoms with Gasteiger partial charge in [0.15, 0.2) is 37.7 Å². The van der Waals surface area contributed by atoms with Gasteiger partial charge in [0.25, 0.3) is 5.79 Å². The average molecular weight is 1390 g/mol. The lowest BCUT2D eigenvalue weighted by Crippen LogP contribution is -2.73. The maximum Gasteiger partial charge on any atom is 0.364 e. The highest BCUT2D eigenvalue weighted by molar-refractivity contribution is 5.77. The van der Waals surface area contributed by atoms with Gasteiger partial charge in [-0.25, -0.2) is 4.79 Å². The molecular weight excluding hydrogens is 1300 g/mol. The van der Waals surface area contributed by atoms with Crippen molar-refractivity contribution in [3.8, 4) is 0 Å². The standard InChI is InChI=1S/C53H88N4O38/c1-13-29(69)35(75)38(78)49(84-13)93-45-36(76)32(72)21(9-60)87-51(45)92-42-27(56-16(4)65)46(80)85-24(33(42)73)12-83-47-28(57-17(5)66)44(95-53(52(81)82)6-18(67)25(54-14(2)63)43(94-53)30(70)19(68)7-58)41(23(11-62)88-47)91-50-39(79)37(77)40(22(10-61)89-50)90-48-26(55-15(3)64)34(74)31(71)20(8-59)86-48/h13,18-51,58-62,67-80H,6-12H2,1-5H3,(H,54,63)(H,55,64)(H,56,65)(H,57,66)(H,81,82)/t13-,18-,19+,20+,21+,22+,23+,24+,25+,26+,27+,28+,29+,30+,31-,32-,33-,34+,35+,36-,37+,38-,39+,40-,41+,42+,43+,44+,45+,46?,47+,48-,49-,50-,51-,53-/m0/s1. The summed E-state index contributed by atoms with van der Waals surface area (Å²) in [5.74, 6) is -9.26. The third-order valence-electron chi connectivity index (χ3n) is 17.1. The van der Waals surface area contributed by atoms with Gasteiger partial charge in [-0.2, -0.15) is 0 Å². The van der Waals surface area contributed by atoms with Crippen molar-refractivity contribution in [2.45, 2.75) is 261 Å². The van der Waals surface area contributed by atoms with Gasteiger partial charge in [-0.3, -0.25) is 19.2 Å². The third kappa shape index (κ3) is 17.5. The molecule has 95 heavy (non-hydrogen) atoms. The smallest absolute Gasteiger partial charge is 0.364 e. The van der Waals surface area contributed by atoms with Crippen LogP contribution < -0.4 is 21.3 Å². The molecule has 4 amide bonds. The third-order valence-corrected chi connectivity index (χ3v) is 17.1. The molecule has 0 aromatic rings. The van der Waals surface area contributed by atoms with E-state index in [-0.39, 0.29) is 0 Å². The highest BCUT2D eigenvalue weighted by Gasteiger charge is 2.63. The van der Waals surface area contributed by atoms with Crippen molar-refractivity contribution in [1.29, 1.82) is 0 Å². The summed E-state index contributed by atoms with van der Waals surface area (Å²) in [6.07, 6.45) is -64.5. The Balaban J connectivity index is 1.25. The number of ether oxygens (including phenoxy) is 13. The monoisotopic (exact) mass is 1390 g/mol. The van der Waals surface area contributed by atoms with Crippen LogP contribution >= 0.6 is 0 Å². The second-order valence-electron chi connectivity index (χ2n) is 24.0. The van der Waals surface area contributed by atoms with Crippen LogP contribution in [0.25, 0.3) is 0 Å². The molecule has 0 aliphatic carbocycles. The normalized spacial score (nSPS) is 46.4. The molecule has 7 aliphatic rings. The molecule has 0 saturated carbocycles. The number of aliphatic hydroxyl groups excluding tert-OH is 19. The van der Waals surface area contributed by atoms with Crippen LogP contribution in [0.2, 0.25) is 0 Å². The molecule has 7 heterocycles. The number of rotatable bonds is 25. The van der Waals surface area contributed by atoms with E-state index in [4.69, 9.17) is 61.6 Å². The zero-order valence-corrected chi connectivity index (χ0v) is 51.4. The van der Waals surface area contributed by atoms with E-state index in [0.717, 1.165) is 27.7 Å². The Hall–Kier alpha value is -3.93. The summed E-state index contributed by atoms with van der Waals surface area (Å²) in [7, 11) is 0. The van der Waals surface area contributed by atoms with E-state index >= 15 is 0 Å². The maximum atomic E-state index is 13.8. The Morgan fingerprint density at radius 1 is 0.453 bits per heavy atom. The first-order valence-electron chi connectivity index (χ1n) is 30.1. The molecule has 36 atom stereocenters. The first-order valence-corrected chi connectivity index (χ1v) is 30.1. The van der Waals surface area contributed by atoms with Gasteiger partial charge >= 0.3 is 5.97 Å². The van der Waals surface area contributed by atoms with Crippen LogP contribution in [0.3, 0.4) is 0 Å². The molecule has 1 unspecified atom stereocenters. The topological polar surface area (TPSA) is 658 Å². The summed E-state index contributed by atoms with van der Waals surface area (Å²) < 4.78 is 76.8. The number of aliphatic hydroxyl groups is 19. The Bertz CT molecular complexity index is 2520. The minimum atomic E-state index is -3.41. The van der Waals surface area contributed by atoms with Crippen LogP contribution in [-0.4, -0.2) is 392 Å². The number of carbonyl (C=O) groups is 5. The molecule has 7 rings (SSSR count). The van der Waals surface area contributed by atoms with E-state index in [0.29, 0.717) is 0 Å². The zero-order chi connectivity index (χ0) is 70.6. The second kappa shape index (κ2) is 33.5. The summed E-state index contributed by atoms with van der Waals surface area (Å²) in [5.41, 5.74) is 0. The number of hydrogen-bond acceptors (Lipinski definition) is 37. The van der Waals surface area contributed by atoms with Gasteiger partial charge in [0, 0.05) is 34.1 Å². The van der Waals surface area contributed by atoms with Gasteiger partial charge in [-0.05, 0) is 6.92 Å². The van der Waals surface area contributed by atoms with E-state index in [9.17, 15) is 126 Å². The molecule has 0 spiro atoms. The van der Waals surface area contributed by atoms with E-state index < -0.39 is 296 Å². The van der Waals surface area contributed by atoms with E-state index in [1.807, 2.05) is 0 Å². The molecule has 7 saturated heterocycles. The van der Waals surface area contributed by atoms with Crippen molar-refractivity contribution in [2.75, 3.05) is 39.6 Å². The number of aliphatic carboxylic acids is 1. The van der Waals surface area contributed by atoms with E-state index in [1.165, 1.54) is 6.92 Å². The van der Waals surface area contributed by atoms with Gasteiger partial charge in [0.05, 0.1) is 57.9 Å². The Morgan fingerprint density at radius 3 is 1.48 bits per heavy atom. The summed E-state index contributed by atoms with van der Waals surface area (Å²) in [4.78, 5) is 64.6. The SMILES string of the molecule is CC(=O)N[C@H]1[C@H](O[C@@H]2[C@H](O)[C@@H](O)[C@H](O[C@H]3[C@H](O[C@]4(C(=O)O)C[C@H](O)[C@@H](NC(C)=O)[C@H]([C@H](O)[C@H](O)CO)O4)[C@@H](NC(C)=O)[C@H](OC[C@H]4OC(O)[C@H](NC(C)=O)[C@@H](O[C@@H]5O[C@H](CO)[C@H](O)[C@H](O)[C@H]5O[C@@H]5O[C@@H](C)[C@@H](O)[C@@H](O)[C@@H]5O)[C@H]4O)O[C@@H]3CO)O[C@@H]2CO)O[C@H](CO)[C@H](O)[C@@H]1O. The van der Waals surface area contributed by atoms with Gasteiger partial charge in [-0.15, -0.1) is 0 Å². The first kappa shape index (κ1) is 78.4. The van der Waals surface area contributed by atoms with Crippen molar-refractivity contribution in [1.82, 2.24) is 21.3 Å². The number of nitrogens with one attached hydrogen (secondary N) is 4. The lowest BCUT2D eigenvalue weighted by Gasteiger charge is -2.52. The molecule has 0 bridgehead atoms. The number of carbonyl (C=O) groups excluding carboxylic acids is 4. The molecule has 42 nitrogen and oxygen atoms in total. The van der Waals surface area contributed by atoms with Gasteiger partial charge < -0.3 is 185 Å². The van der Waals surface area contributed by atoms with Gasteiger partial charge in [-0.1, -0.05) is 0 Å². The van der Waals surface area contributed by atoms with Crippen LogP contribution in [-0.2, 0) is 85.6 Å². The Kier molecular flexibility index (Phi) is 27.6.